The van der Waals surface area contributed by atoms with E-state index in [1.54, 1.807) is 0 Å². The van der Waals surface area contributed by atoms with Gasteiger partial charge in [0.15, 0.2) is 0 Å². The van der Waals surface area contributed by atoms with E-state index in [1.807, 2.05) is 6.92 Å². The van der Waals surface area contributed by atoms with Gasteiger partial charge in [-0.1, -0.05) is 33.1 Å². The van der Waals surface area contributed by atoms with Crippen LogP contribution in [0.15, 0.2) is 0 Å². The summed E-state index contributed by atoms with van der Waals surface area (Å²) in [5, 5.41) is 11.8. The van der Waals surface area contributed by atoms with Gasteiger partial charge in [0.1, 0.15) is 6.54 Å². The minimum absolute atomic E-state index is 0.208. The van der Waals surface area contributed by atoms with Crippen molar-refractivity contribution in [3.8, 4) is 0 Å². The van der Waals surface area contributed by atoms with Crippen molar-refractivity contribution in [1.82, 2.24) is 10.2 Å². The highest BCUT2D eigenvalue weighted by molar-refractivity contribution is 5.80. The molecule has 2 amide bonds. The zero-order valence-electron chi connectivity index (χ0n) is 12.0. The van der Waals surface area contributed by atoms with Crippen molar-refractivity contribution < 1.29 is 14.7 Å². The molecule has 0 saturated heterocycles. The van der Waals surface area contributed by atoms with Crippen LogP contribution in [-0.4, -0.2) is 41.1 Å². The number of carboxylic acids is 1. The number of hydrogen-bond acceptors (Lipinski definition) is 2. The van der Waals surface area contributed by atoms with Crippen LogP contribution in [0, 0.1) is 5.92 Å². The van der Waals surface area contributed by atoms with Crippen molar-refractivity contribution in [2.45, 2.75) is 58.4 Å². The van der Waals surface area contributed by atoms with Crippen molar-refractivity contribution in [3.05, 3.63) is 0 Å². The van der Waals surface area contributed by atoms with Gasteiger partial charge in [0.2, 0.25) is 0 Å². The Morgan fingerprint density at radius 1 is 1.32 bits per heavy atom. The molecule has 5 nitrogen and oxygen atoms in total. The number of aliphatic carboxylic acids is 1. The Morgan fingerprint density at radius 3 is 2.63 bits per heavy atom. The van der Waals surface area contributed by atoms with Gasteiger partial charge >= 0.3 is 12.0 Å². The van der Waals surface area contributed by atoms with Crippen LogP contribution in [0.5, 0.6) is 0 Å². The molecule has 5 heteroatoms. The maximum absolute atomic E-state index is 12.1. The molecule has 1 rings (SSSR count). The first kappa shape index (κ1) is 15.8. The van der Waals surface area contributed by atoms with Crippen molar-refractivity contribution in [1.29, 1.82) is 0 Å². The van der Waals surface area contributed by atoms with Gasteiger partial charge in [-0.2, -0.15) is 0 Å². The van der Waals surface area contributed by atoms with Crippen molar-refractivity contribution in [2.24, 2.45) is 5.92 Å². The molecule has 110 valence electrons. The average Bonchev–Trinajstić information content (AvgIpc) is 2.38. The standard InChI is InChI=1S/C14H26N2O3/c1-3-8-16(10-13(17)18)14(19)15-12-7-5-6-11(4-2)9-12/h11-12H,3-10H2,1-2H3,(H,15,19)(H,17,18). The van der Waals surface area contributed by atoms with Crippen LogP contribution in [0.25, 0.3) is 0 Å². The highest BCUT2D eigenvalue weighted by Crippen LogP contribution is 2.26. The van der Waals surface area contributed by atoms with Gasteiger partial charge in [-0.15, -0.1) is 0 Å². The molecule has 0 radical (unpaired) electrons. The molecule has 0 heterocycles. The van der Waals surface area contributed by atoms with E-state index >= 15 is 0 Å². The number of amides is 2. The van der Waals surface area contributed by atoms with Crippen molar-refractivity contribution in [3.63, 3.8) is 0 Å². The summed E-state index contributed by atoms with van der Waals surface area (Å²) in [7, 11) is 0. The number of carbonyl (C=O) groups is 2. The molecule has 0 spiro atoms. The van der Waals surface area contributed by atoms with E-state index in [0.717, 1.165) is 32.1 Å². The van der Waals surface area contributed by atoms with Crippen molar-refractivity contribution in [2.75, 3.05) is 13.1 Å². The maximum Gasteiger partial charge on any atom is 0.323 e. The first-order chi connectivity index (χ1) is 9.06. The lowest BCUT2D eigenvalue weighted by atomic mass is 9.84. The molecule has 19 heavy (non-hydrogen) atoms. The van der Waals surface area contributed by atoms with Gasteiger partial charge in [-0.25, -0.2) is 4.79 Å². The van der Waals surface area contributed by atoms with Crippen LogP contribution < -0.4 is 5.32 Å². The summed E-state index contributed by atoms with van der Waals surface area (Å²) < 4.78 is 0. The largest absolute Gasteiger partial charge is 0.480 e. The molecule has 1 aliphatic rings. The number of nitrogens with zero attached hydrogens (tertiary/aromatic N) is 1. The average molecular weight is 270 g/mol. The van der Waals surface area contributed by atoms with Crippen LogP contribution in [-0.2, 0) is 4.79 Å². The third-order valence-corrected chi connectivity index (χ3v) is 3.79. The summed E-state index contributed by atoms with van der Waals surface area (Å²) >= 11 is 0. The Balaban J connectivity index is 2.48. The SMILES string of the molecule is CCCN(CC(=O)O)C(=O)NC1CCCC(CC)C1. The molecule has 1 fully saturated rings. The predicted octanol–water partition coefficient (Wildman–Crippen LogP) is 2.46. The Hall–Kier alpha value is -1.26. The Kier molecular flexibility index (Phi) is 6.67. The summed E-state index contributed by atoms with van der Waals surface area (Å²) in [6, 6.07) is -0.0228. The molecule has 0 bridgehead atoms. The molecule has 1 saturated carbocycles. The lowest BCUT2D eigenvalue weighted by Gasteiger charge is -2.31. The lowest BCUT2D eigenvalue weighted by Crippen LogP contribution is -2.48. The highest BCUT2D eigenvalue weighted by Gasteiger charge is 2.24. The second-order valence-corrected chi connectivity index (χ2v) is 5.40. The normalized spacial score (nSPS) is 22.8. The maximum atomic E-state index is 12.1. The van der Waals surface area contributed by atoms with Crippen LogP contribution in [0.2, 0.25) is 0 Å². The van der Waals surface area contributed by atoms with E-state index in [9.17, 15) is 9.59 Å². The Labute approximate surface area is 115 Å². The first-order valence-corrected chi connectivity index (χ1v) is 7.34. The quantitative estimate of drug-likeness (QED) is 0.779. The van der Waals surface area contributed by atoms with Crippen LogP contribution in [0.4, 0.5) is 4.79 Å². The van der Waals surface area contributed by atoms with E-state index in [0.29, 0.717) is 12.5 Å². The minimum Gasteiger partial charge on any atom is -0.480 e. The van der Waals surface area contributed by atoms with Gasteiger partial charge < -0.3 is 15.3 Å². The number of nitrogens with one attached hydrogen (secondary N) is 1. The van der Waals surface area contributed by atoms with Gasteiger partial charge in [0.05, 0.1) is 0 Å². The third-order valence-electron chi connectivity index (χ3n) is 3.79. The second kappa shape index (κ2) is 8.02. The number of carboxylic acid groups (broad SMARTS) is 1. The fourth-order valence-corrected chi connectivity index (χ4v) is 2.74. The molecule has 2 N–H and O–H groups in total. The summed E-state index contributed by atoms with van der Waals surface area (Å²) in [5.74, 6) is -0.267. The molecule has 0 aromatic carbocycles. The molecule has 1 aliphatic carbocycles. The summed E-state index contributed by atoms with van der Waals surface area (Å²) in [4.78, 5) is 24.2. The van der Waals surface area contributed by atoms with E-state index in [4.69, 9.17) is 5.11 Å². The molecule has 0 aromatic rings. The fraction of sp³-hybridized carbons (Fsp3) is 0.857. The summed E-state index contributed by atoms with van der Waals surface area (Å²) in [6.45, 7) is 4.39. The van der Waals surface area contributed by atoms with E-state index in [1.165, 1.54) is 11.3 Å². The fourth-order valence-electron chi connectivity index (χ4n) is 2.74. The zero-order chi connectivity index (χ0) is 14.3. The molecule has 0 aliphatic heterocycles. The van der Waals surface area contributed by atoms with E-state index in [2.05, 4.69) is 12.2 Å². The smallest absolute Gasteiger partial charge is 0.323 e. The Bertz CT molecular complexity index is 307. The van der Waals surface area contributed by atoms with Gasteiger partial charge in [-0.3, -0.25) is 4.79 Å². The molecule has 2 unspecified atom stereocenters. The molecular weight excluding hydrogens is 244 g/mol. The number of carbonyl (C=O) groups excluding carboxylic acids is 1. The third kappa shape index (κ3) is 5.49. The first-order valence-electron chi connectivity index (χ1n) is 7.34. The minimum atomic E-state index is -0.960. The zero-order valence-corrected chi connectivity index (χ0v) is 12.0. The number of rotatable bonds is 6. The lowest BCUT2D eigenvalue weighted by molar-refractivity contribution is -0.137. The van der Waals surface area contributed by atoms with Gasteiger partial charge in [0, 0.05) is 12.6 Å². The van der Waals surface area contributed by atoms with Crippen LogP contribution in [0.3, 0.4) is 0 Å². The van der Waals surface area contributed by atoms with Crippen molar-refractivity contribution >= 4 is 12.0 Å². The molecule has 0 aromatic heterocycles. The molecular formula is C14H26N2O3. The highest BCUT2D eigenvalue weighted by atomic mass is 16.4. The van der Waals surface area contributed by atoms with Gasteiger partial charge in [0.25, 0.3) is 0 Å². The summed E-state index contributed by atoms with van der Waals surface area (Å²) in [6.07, 6.45) is 6.35. The predicted molar refractivity (Wildman–Crippen MR) is 74.1 cm³/mol. The second-order valence-electron chi connectivity index (χ2n) is 5.40. The van der Waals surface area contributed by atoms with Crippen LogP contribution >= 0.6 is 0 Å². The topological polar surface area (TPSA) is 69.6 Å². The van der Waals surface area contributed by atoms with Gasteiger partial charge in [-0.05, 0) is 25.2 Å². The Morgan fingerprint density at radius 2 is 2.05 bits per heavy atom. The number of urea groups is 1. The molecule has 2 atom stereocenters. The summed E-state index contributed by atoms with van der Waals surface area (Å²) in [5.41, 5.74) is 0. The van der Waals surface area contributed by atoms with Crippen LogP contribution in [0.1, 0.15) is 52.4 Å². The number of hydrogen-bond donors (Lipinski definition) is 2. The monoisotopic (exact) mass is 270 g/mol. The van der Waals surface area contributed by atoms with E-state index < -0.39 is 5.97 Å². The van der Waals surface area contributed by atoms with E-state index in [-0.39, 0.29) is 18.6 Å².